The van der Waals surface area contributed by atoms with Gasteiger partial charge in [-0.2, -0.15) is 0 Å². The molecule has 0 fully saturated rings. The van der Waals surface area contributed by atoms with Crippen molar-refractivity contribution in [2.45, 2.75) is 6.54 Å². The van der Waals surface area contributed by atoms with E-state index in [0.717, 1.165) is 13.1 Å². The van der Waals surface area contributed by atoms with Gasteiger partial charge in [0.25, 0.3) is 0 Å². The lowest BCUT2D eigenvalue weighted by Crippen LogP contribution is -2.26. The summed E-state index contributed by atoms with van der Waals surface area (Å²) < 4.78 is 0. The van der Waals surface area contributed by atoms with E-state index in [0.29, 0.717) is 0 Å². The van der Waals surface area contributed by atoms with E-state index < -0.39 is 0 Å². The summed E-state index contributed by atoms with van der Waals surface area (Å²) in [6, 6.07) is 21.8. The average Bonchev–Trinajstić information content (AvgIpc) is 2.55. The minimum Gasteiger partial charge on any atom is -0.363 e. The third kappa shape index (κ3) is 1.85. The number of anilines is 1. The fraction of sp³-hybridized carbons (Fsp3) is 0.100. The van der Waals surface area contributed by atoms with Crippen molar-refractivity contribution >= 4 is 16.5 Å². The highest BCUT2D eigenvalue weighted by Crippen LogP contribution is 2.42. The first-order valence-corrected chi connectivity index (χ1v) is 7.34. The van der Waals surface area contributed by atoms with Gasteiger partial charge in [-0.05, 0) is 28.0 Å². The molecule has 21 heavy (non-hydrogen) atoms. The first-order valence-electron chi connectivity index (χ1n) is 7.34. The van der Waals surface area contributed by atoms with E-state index in [-0.39, 0.29) is 0 Å². The molecule has 0 saturated heterocycles. The Balaban J connectivity index is 2.04. The number of hydrogen-bond acceptors (Lipinski definition) is 1. The van der Waals surface area contributed by atoms with Crippen LogP contribution in [0.4, 0.5) is 5.69 Å². The SMILES string of the molecule is C=CCN1Cc2ccc3ccccc3c2-c2ccccc21. The monoisotopic (exact) mass is 271 g/mol. The molecule has 0 aliphatic carbocycles. The molecule has 0 unspecified atom stereocenters. The van der Waals surface area contributed by atoms with E-state index in [2.05, 4.69) is 72.1 Å². The molecule has 0 saturated carbocycles. The predicted octanol–water partition coefficient (Wildman–Crippen LogP) is 5.01. The molecule has 102 valence electrons. The van der Waals surface area contributed by atoms with E-state index in [1.807, 2.05) is 6.08 Å². The molecule has 1 aliphatic rings. The van der Waals surface area contributed by atoms with Gasteiger partial charge in [-0.25, -0.2) is 0 Å². The minimum atomic E-state index is 0.878. The van der Waals surface area contributed by atoms with E-state index in [1.54, 1.807) is 0 Å². The van der Waals surface area contributed by atoms with Crippen LogP contribution in [0.2, 0.25) is 0 Å². The van der Waals surface area contributed by atoms with Crippen molar-refractivity contribution in [2.75, 3.05) is 11.4 Å². The highest BCUT2D eigenvalue weighted by atomic mass is 15.1. The number of fused-ring (bicyclic) bond motifs is 5. The van der Waals surface area contributed by atoms with E-state index in [9.17, 15) is 0 Å². The molecule has 1 aliphatic heterocycles. The van der Waals surface area contributed by atoms with Crippen LogP contribution in [0.25, 0.3) is 21.9 Å². The van der Waals surface area contributed by atoms with Crippen molar-refractivity contribution in [2.24, 2.45) is 0 Å². The summed E-state index contributed by atoms with van der Waals surface area (Å²) >= 11 is 0. The molecule has 0 N–H and O–H groups in total. The van der Waals surface area contributed by atoms with E-state index in [1.165, 1.54) is 33.2 Å². The normalized spacial score (nSPS) is 12.9. The Hall–Kier alpha value is -2.54. The summed E-state index contributed by atoms with van der Waals surface area (Å²) in [6.45, 7) is 5.72. The minimum absolute atomic E-state index is 0.878. The zero-order valence-corrected chi connectivity index (χ0v) is 11.9. The lowest BCUT2D eigenvalue weighted by molar-refractivity contribution is 0.859. The van der Waals surface area contributed by atoms with Gasteiger partial charge in [0.05, 0.1) is 0 Å². The largest absolute Gasteiger partial charge is 0.363 e. The Kier molecular flexibility index (Phi) is 2.78. The van der Waals surface area contributed by atoms with Crippen molar-refractivity contribution in [1.82, 2.24) is 0 Å². The molecular formula is C20H17N. The van der Waals surface area contributed by atoms with Crippen LogP contribution in [0.5, 0.6) is 0 Å². The van der Waals surface area contributed by atoms with Crippen LogP contribution in [0, 0.1) is 0 Å². The molecule has 0 aromatic heterocycles. The number of para-hydroxylation sites is 1. The highest BCUT2D eigenvalue weighted by molar-refractivity contribution is 6.02. The van der Waals surface area contributed by atoms with Crippen LogP contribution in [0.1, 0.15) is 5.56 Å². The van der Waals surface area contributed by atoms with Gasteiger partial charge in [0, 0.05) is 24.3 Å². The van der Waals surface area contributed by atoms with Gasteiger partial charge in [0.1, 0.15) is 0 Å². The summed E-state index contributed by atoms with van der Waals surface area (Å²) in [4.78, 5) is 2.39. The van der Waals surface area contributed by atoms with Gasteiger partial charge in [-0.3, -0.25) is 0 Å². The molecule has 1 heterocycles. The number of nitrogens with zero attached hydrogens (tertiary/aromatic N) is 1. The Morgan fingerprint density at radius 3 is 2.67 bits per heavy atom. The second-order valence-corrected chi connectivity index (χ2v) is 5.51. The Bertz CT molecular complexity index is 832. The quantitative estimate of drug-likeness (QED) is 0.592. The van der Waals surface area contributed by atoms with Crippen molar-refractivity contribution in [1.29, 1.82) is 0 Å². The Morgan fingerprint density at radius 2 is 1.76 bits per heavy atom. The van der Waals surface area contributed by atoms with Crippen LogP contribution >= 0.6 is 0 Å². The molecule has 0 spiro atoms. The number of hydrogen-bond donors (Lipinski definition) is 0. The topological polar surface area (TPSA) is 3.24 Å². The highest BCUT2D eigenvalue weighted by Gasteiger charge is 2.22. The predicted molar refractivity (Wildman–Crippen MR) is 90.6 cm³/mol. The Labute approximate surface area is 125 Å². The third-order valence-electron chi connectivity index (χ3n) is 4.24. The number of rotatable bonds is 2. The van der Waals surface area contributed by atoms with Crippen LogP contribution in [0.3, 0.4) is 0 Å². The van der Waals surface area contributed by atoms with Gasteiger partial charge >= 0.3 is 0 Å². The third-order valence-corrected chi connectivity index (χ3v) is 4.24. The molecule has 0 amide bonds. The van der Waals surface area contributed by atoms with Crippen LogP contribution in [-0.2, 0) is 6.54 Å². The van der Waals surface area contributed by atoms with Crippen molar-refractivity contribution in [3.05, 3.63) is 78.9 Å². The second kappa shape index (κ2) is 4.78. The first-order chi connectivity index (χ1) is 10.4. The van der Waals surface area contributed by atoms with Crippen LogP contribution in [-0.4, -0.2) is 6.54 Å². The molecule has 4 rings (SSSR count). The Morgan fingerprint density at radius 1 is 0.952 bits per heavy atom. The lowest BCUT2D eigenvalue weighted by Gasteiger charge is -2.32. The molecular weight excluding hydrogens is 254 g/mol. The first kappa shape index (κ1) is 12.2. The summed E-state index contributed by atoms with van der Waals surface area (Å²) in [5.74, 6) is 0. The van der Waals surface area contributed by atoms with Gasteiger partial charge in [-0.15, -0.1) is 6.58 Å². The molecule has 3 aromatic carbocycles. The fourth-order valence-electron chi connectivity index (χ4n) is 3.34. The molecule has 3 aromatic rings. The van der Waals surface area contributed by atoms with Crippen molar-refractivity contribution < 1.29 is 0 Å². The van der Waals surface area contributed by atoms with E-state index >= 15 is 0 Å². The van der Waals surface area contributed by atoms with Gasteiger partial charge in [0.15, 0.2) is 0 Å². The molecule has 1 heteroatoms. The van der Waals surface area contributed by atoms with Crippen molar-refractivity contribution in [3.8, 4) is 11.1 Å². The molecule has 0 bridgehead atoms. The van der Waals surface area contributed by atoms with E-state index in [4.69, 9.17) is 0 Å². The van der Waals surface area contributed by atoms with Gasteiger partial charge in [-0.1, -0.05) is 60.7 Å². The standard InChI is InChI=1S/C20H17N/c1-2-13-21-14-16-12-11-15-7-3-4-8-17(15)20(16)18-9-5-6-10-19(18)21/h2-12H,1,13-14H2. The van der Waals surface area contributed by atoms with Crippen LogP contribution < -0.4 is 4.90 Å². The zero-order valence-electron chi connectivity index (χ0n) is 11.9. The lowest BCUT2D eigenvalue weighted by atomic mass is 9.89. The number of benzene rings is 3. The van der Waals surface area contributed by atoms with Crippen molar-refractivity contribution in [3.63, 3.8) is 0 Å². The maximum Gasteiger partial charge on any atom is 0.0452 e. The smallest absolute Gasteiger partial charge is 0.0452 e. The molecule has 0 radical (unpaired) electrons. The summed E-state index contributed by atoms with van der Waals surface area (Å²) in [5.41, 5.74) is 5.43. The maximum atomic E-state index is 3.89. The molecule has 0 atom stereocenters. The maximum absolute atomic E-state index is 3.89. The fourth-order valence-corrected chi connectivity index (χ4v) is 3.34. The molecule has 1 nitrogen and oxygen atoms in total. The second-order valence-electron chi connectivity index (χ2n) is 5.51. The summed E-state index contributed by atoms with van der Waals surface area (Å²) in [7, 11) is 0. The summed E-state index contributed by atoms with van der Waals surface area (Å²) in [5, 5.41) is 2.66. The average molecular weight is 271 g/mol. The van der Waals surface area contributed by atoms with Gasteiger partial charge < -0.3 is 4.90 Å². The zero-order chi connectivity index (χ0) is 14.2. The van der Waals surface area contributed by atoms with Crippen LogP contribution in [0.15, 0.2) is 73.3 Å². The summed E-state index contributed by atoms with van der Waals surface area (Å²) in [6.07, 6.45) is 1.98. The van der Waals surface area contributed by atoms with Gasteiger partial charge in [0.2, 0.25) is 0 Å².